The third-order valence-corrected chi connectivity index (χ3v) is 4.00. The van der Waals surface area contributed by atoms with E-state index in [1.807, 2.05) is 0 Å². The van der Waals surface area contributed by atoms with Gasteiger partial charge in [-0.1, -0.05) is 6.07 Å². The topological polar surface area (TPSA) is 73.8 Å². The fourth-order valence-corrected chi connectivity index (χ4v) is 2.70. The van der Waals surface area contributed by atoms with Gasteiger partial charge in [0.2, 0.25) is 0 Å². The van der Waals surface area contributed by atoms with Crippen LogP contribution in [0.1, 0.15) is 12.8 Å². The summed E-state index contributed by atoms with van der Waals surface area (Å²) in [5.41, 5.74) is 0. The normalized spacial score (nSPS) is 16.8. The van der Waals surface area contributed by atoms with Crippen molar-refractivity contribution < 1.29 is 23.4 Å². The van der Waals surface area contributed by atoms with Crippen molar-refractivity contribution in [3.63, 3.8) is 0 Å². The Morgan fingerprint density at radius 2 is 2.08 bits per heavy atom. The Labute approximate surface area is 150 Å². The molecule has 8 heteroatoms. The maximum Gasteiger partial charge on any atom is 0.316 e. The van der Waals surface area contributed by atoms with E-state index in [-0.39, 0.29) is 24.6 Å². The van der Waals surface area contributed by atoms with Gasteiger partial charge in [0.1, 0.15) is 17.6 Å². The van der Waals surface area contributed by atoms with E-state index in [2.05, 4.69) is 9.97 Å². The van der Waals surface area contributed by atoms with Crippen LogP contribution < -0.4 is 14.2 Å². The lowest BCUT2D eigenvalue weighted by molar-refractivity contribution is -0.136. The van der Waals surface area contributed by atoms with Gasteiger partial charge in [-0.05, 0) is 25.0 Å². The van der Waals surface area contributed by atoms with Crippen LogP contribution in [0.25, 0.3) is 0 Å². The summed E-state index contributed by atoms with van der Waals surface area (Å²) in [5.74, 6) is 0.594. The first-order chi connectivity index (χ1) is 12.6. The van der Waals surface area contributed by atoms with Crippen molar-refractivity contribution in [2.45, 2.75) is 18.9 Å². The number of methoxy groups -OCH3 is 1. The lowest BCUT2D eigenvalue weighted by Crippen LogP contribution is -2.46. The Morgan fingerprint density at radius 1 is 1.31 bits per heavy atom. The van der Waals surface area contributed by atoms with E-state index >= 15 is 0 Å². The lowest BCUT2D eigenvalue weighted by Gasteiger charge is -2.32. The molecule has 1 unspecified atom stereocenters. The second-order valence-corrected chi connectivity index (χ2v) is 5.87. The summed E-state index contributed by atoms with van der Waals surface area (Å²) >= 11 is 0. The van der Waals surface area contributed by atoms with Gasteiger partial charge < -0.3 is 19.1 Å². The summed E-state index contributed by atoms with van der Waals surface area (Å²) in [6, 6.07) is 7.20. The van der Waals surface area contributed by atoms with Crippen LogP contribution in [-0.4, -0.2) is 53.7 Å². The van der Waals surface area contributed by atoms with E-state index in [0.717, 1.165) is 25.2 Å². The van der Waals surface area contributed by atoms with E-state index < -0.39 is 5.82 Å². The summed E-state index contributed by atoms with van der Waals surface area (Å²) < 4.78 is 29.2. The SMILES string of the molecule is COc1cccc(OCC(=O)N2CCCC(Oc3ncc(F)cn3)C2)c1. The van der Waals surface area contributed by atoms with Crippen LogP contribution in [0.2, 0.25) is 0 Å². The molecule has 1 aliphatic rings. The minimum atomic E-state index is -0.521. The maximum absolute atomic E-state index is 12.9. The van der Waals surface area contributed by atoms with Crippen molar-refractivity contribution in [2.24, 2.45) is 0 Å². The molecule has 0 aliphatic carbocycles. The number of likely N-dealkylation sites (tertiary alicyclic amines) is 1. The molecule has 0 spiro atoms. The molecule has 3 rings (SSSR count). The van der Waals surface area contributed by atoms with Crippen LogP contribution in [0.3, 0.4) is 0 Å². The van der Waals surface area contributed by atoms with Gasteiger partial charge in [0.25, 0.3) is 5.91 Å². The Bertz CT molecular complexity index is 741. The van der Waals surface area contributed by atoms with Crippen LogP contribution in [0.4, 0.5) is 4.39 Å². The molecular formula is C18H20FN3O4. The van der Waals surface area contributed by atoms with Crippen LogP contribution in [0.5, 0.6) is 17.5 Å². The molecule has 1 saturated heterocycles. The van der Waals surface area contributed by atoms with Crippen molar-refractivity contribution in [1.29, 1.82) is 0 Å². The van der Waals surface area contributed by atoms with Crippen LogP contribution in [-0.2, 0) is 4.79 Å². The predicted molar refractivity (Wildman–Crippen MR) is 90.7 cm³/mol. The van der Waals surface area contributed by atoms with Gasteiger partial charge in [-0.15, -0.1) is 0 Å². The second kappa shape index (κ2) is 8.46. The minimum absolute atomic E-state index is 0.0626. The summed E-state index contributed by atoms with van der Waals surface area (Å²) in [6.07, 6.45) is 3.46. The standard InChI is InChI=1S/C18H20FN3O4/c1-24-14-4-2-5-15(8-14)25-12-17(23)22-7-3-6-16(11-22)26-18-20-9-13(19)10-21-18/h2,4-5,8-10,16H,3,6-7,11-12H2,1H3. The molecule has 0 bridgehead atoms. The zero-order chi connectivity index (χ0) is 18.4. The summed E-state index contributed by atoms with van der Waals surface area (Å²) in [6.45, 7) is 0.998. The van der Waals surface area contributed by atoms with Gasteiger partial charge >= 0.3 is 6.01 Å². The number of aromatic nitrogens is 2. The largest absolute Gasteiger partial charge is 0.497 e. The highest BCUT2D eigenvalue weighted by Crippen LogP contribution is 2.19. The van der Waals surface area contributed by atoms with E-state index in [1.165, 1.54) is 0 Å². The molecule has 0 N–H and O–H groups in total. The third kappa shape index (κ3) is 4.81. The Morgan fingerprint density at radius 3 is 2.85 bits per heavy atom. The highest BCUT2D eigenvalue weighted by molar-refractivity contribution is 5.78. The highest BCUT2D eigenvalue weighted by Gasteiger charge is 2.25. The lowest BCUT2D eigenvalue weighted by atomic mass is 10.1. The molecule has 1 aliphatic heterocycles. The third-order valence-electron chi connectivity index (χ3n) is 4.00. The van der Waals surface area contributed by atoms with Crippen molar-refractivity contribution in [1.82, 2.24) is 14.9 Å². The summed E-state index contributed by atoms with van der Waals surface area (Å²) in [5, 5.41) is 0. The zero-order valence-electron chi connectivity index (χ0n) is 14.4. The van der Waals surface area contributed by atoms with E-state index in [0.29, 0.717) is 24.6 Å². The van der Waals surface area contributed by atoms with Crippen molar-refractivity contribution in [3.05, 3.63) is 42.5 Å². The number of benzene rings is 1. The number of hydrogen-bond donors (Lipinski definition) is 0. The number of carbonyl (C=O) groups excluding carboxylic acids is 1. The van der Waals surface area contributed by atoms with Gasteiger partial charge in [0.05, 0.1) is 26.0 Å². The highest BCUT2D eigenvalue weighted by atomic mass is 19.1. The summed E-state index contributed by atoms with van der Waals surface area (Å²) in [7, 11) is 1.57. The predicted octanol–water partition coefficient (Wildman–Crippen LogP) is 2.07. The molecule has 0 saturated carbocycles. The number of halogens is 1. The molecule has 1 amide bonds. The second-order valence-electron chi connectivity index (χ2n) is 5.87. The zero-order valence-corrected chi connectivity index (χ0v) is 14.4. The molecule has 1 atom stereocenters. The minimum Gasteiger partial charge on any atom is -0.497 e. The molecule has 7 nitrogen and oxygen atoms in total. The number of carbonyl (C=O) groups is 1. The van der Waals surface area contributed by atoms with E-state index in [4.69, 9.17) is 14.2 Å². The first-order valence-corrected chi connectivity index (χ1v) is 8.33. The van der Waals surface area contributed by atoms with Gasteiger partial charge in [0, 0.05) is 12.6 Å². The number of piperidine rings is 1. The fraction of sp³-hybridized carbons (Fsp3) is 0.389. The molecular weight excluding hydrogens is 341 g/mol. The number of amides is 1. The number of hydrogen-bond acceptors (Lipinski definition) is 6. The Kier molecular flexibility index (Phi) is 5.83. The monoisotopic (exact) mass is 361 g/mol. The van der Waals surface area contributed by atoms with Gasteiger partial charge in [-0.3, -0.25) is 4.79 Å². The van der Waals surface area contributed by atoms with Crippen molar-refractivity contribution in [3.8, 4) is 17.5 Å². The van der Waals surface area contributed by atoms with Crippen LogP contribution >= 0.6 is 0 Å². The molecule has 1 aromatic heterocycles. The molecule has 1 fully saturated rings. The number of nitrogens with zero attached hydrogens (tertiary/aromatic N) is 3. The van der Waals surface area contributed by atoms with Crippen molar-refractivity contribution >= 4 is 5.91 Å². The number of ether oxygens (including phenoxy) is 3. The van der Waals surface area contributed by atoms with Gasteiger partial charge in [0.15, 0.2) is 12.4 Å². The molecule has 26 heavy (non-hydrogen) atoms. The quantitative estimate of drug-likeness (QED) is 0.784. The molecule has 1 aromatic carbocycles. The van der Waals surface area contributed by atoms with Gasteiger partial charge in [-0.25, -0.2) is 14.4 Å². The average Bonchev–Trinajstić information content (AvgIpc) is 2.68. The van der Waals surface area contributed by atoms with Gasteiger partial charge in [-0.2, -0.15) is 0 Å². The fourth-order valence-electron chi connectivity index (χ4n) is 2.70. The van der Waals surface area contributed by atoms with E-state index in [9.17, 15) is 9.18 Å². The Hall–Kier alpha value is -2.90. The summed E-state index contributed by atoms with van der Waals surface area (Å²) in [4.78, 5) is 21.7. The van der Waals surface area contributed by atoms with E-state index in [1.54, 1.807) is 36.3 Å². The number of rotatable bonds is 6. The average molecular weight is 361 g/mol. The first-order valence-electron chi connectivity index (χ1n) is 8.33. The van der Waals surface area contributed by atoms with Crippen LogP contribution in [0.15, 0.2) is 36.7 Å². The first kappa shape index (κ1) is 17.9. The molecule has 0 radical (unpaired) electrons. The maximum atomic E-state index is 12.9. The molecule has 138 valence electrons. The van der Waals surface area contributed by atoms with Crippen molar-refractivity contribution in [2.75, 3.05) is 26.8 Å². The molecule has 2 heterocycles. The Balaban J connectivity index is 1.51. The smallest absolute Gasteiger partial charge is 0.316 e. The molecule has 2 aromatic rings. The van der Waals surface area contributed by atoms with Crippen LogP contribution in [0, 0.1) is 5.82 Å².